The normalized spacial score (nSPS) is 9.92. The zero-order chi connectivity index (χ0) is 9.10. The Morgan fingerprint density at radius 2 is 2.00 bits per heavy atom. The van der Waals surface area contributed by atoms with Crippen molar-refractivity contribution in [3.8, 4) is 11.5 Å². The first kappa shape index (κ1) is 7.66. The summed E-state index contributed by atoms with van der Waals surface area (Å²) in [7, 11) is 1.80. The molecule has 13 heavy (non-hydrogen) atoms. The largest absolute Gasteiger partial charge is 0.386 e. The molecular formula is C7H7N5O. The second kappa shape index (κ2) is 3.18. The number of rotatable bonds is 2. The summed E-state index contributed by atoms with van der Waals surface area (Å²) < 4.78 is 4.43. The van der Waals surface area contributed by atoms with Gasteiger partial charge in [-0.3, -0.25) is 0 Å². The predicted molar refractivity (Wildman–Crippen MR) is 44.9 cm³/mol. The molecule has 0 fully saturated rings. The van der Waals surface area contributed by atoms with Crippen molar-refractivity contribution in [1.82, 2.24) is 20.3 Å². The van der Waals surface area contributed by atoms with E-state index in [4.69, 9.17) is 0 Å². The Bertz CT molecular complexity index is 368. The molecule has 0 amide bonds. The summed E-state index contributed by atoms with van der Waals surface area (Å²) in [5.41, 5.74) is 1.38. The van der Waals surface area contributed by atoms with Crippen LogP contribution in [0.3, 0.4) is 0 Å². The van der Waals surface area contributed by atoms with Crippen molar-refractivity contribution in [1.29, 1.82) is 0 Å². The Morgan fingerprint density at radius 1 is 1.23 bits per heavy atom. The highest BCUT2D eigenvalue weighted by molar-refractivity contribution is 5.48. The van der Waals surface area contributed by atoms with Crippen LogP contribution in [0.5, 0.6) is 0 Å². The highest BCUT2D eigenvalue weighted by Gasteiger charge is 2.04. The van der Waals surface area contributed by atoms with Gasteiger partial charge in [-0.25, -0.2) is 14.6 Å². The molecule has 6 heteroatoms. The van der Waals surface area contributed by atoms with E-state index >= 15 is 0 Å². The maximum atomic E-state index is 4.43. The summed E-state index contributed by atoms with van der Waals surface area (Å²) in [6.45, 7) is 0. The van der Waals surface area contributed by atoms with Gasteiger partial charge in [-0.15, -0.1) is 0 Å². The maximum absolute atomic E-state index is 4.43. The third-order valence-electron chi connectivity index (χ3n) is 1.53. The van der Waals surface area contributed by atoms with Gasteiger partial charge in [0.05, 0.1) is 18.1 Å². The molecule has 66 valence electrons. The Kier molecular flexibility index (Phi) is 1.87. The van der Waals surface area contributed by atoms with Gasteiger partial charge in [0.15, 0.2) is 11.5 Å². The number of hydrogen-bond donors (Lipinski definition) is 1. The first-order valence-electron chi connectivity index (χ1n) is 3.68. The molecular weight excluding hydrogens is 170 g/mol. The summed E-state index contributed by atoms with van der Waals surface area (Å²) in [5.74, 6) is 0.500. The number of aromatic nitrogens is 4. The lowest BCUT2D eigenvalue weighted by molar-refractivity contribution is 0.308. The Morgan fingerprint density at radius 3 is 2.54 bits per heavy atom. The van der Waals surface area contributed by atoms with E-state index in [1.807, 2.05) is 0 Å². The monoisotopic (exact) mass is 177 g/mol. The van der Waals surface area contributed by atoms with Gasteiger partial charge in [0.25, 0.3) is 0 Å². The number of nitrogens with zero attached hydrogens (tertiary/aromatic N) is 4. The molecule has 0 aromatic carbocycles. The Labute approximate surface area is 74.0 Å². The lowest BCUT2D eigenvalue weighted by Crippen LogP contribution is -1.93. The molecule has 2 aromatic heterocycles. The lowest BCUT2D eigenvalue weighted by Gasteiger charge is -1.97. The van der Waals surface area contributed by atoms with Gasteiger partial charge in [0, 0.05) is 7.05 Å². The van der Waals surface area contributed by atoms with Gasteiger partial charge in [0.1, 0.15) is 6.20 Å². The SMILES string of the molecule is CNc1cnc(-c2cnon2)nc1. The average molecular weight is 177 g/mol. The molecule has 0 aliphatic carbocycles. The molecule has 0 atom stereocenters. The van der Waals surface area contributed by atoms with Crippen molar-refractivity contribution < 1.29 is 4.63 Å². The molecule has 1 N–H and O–H groups in total. The van der Waals surface area contributed by atoms with Crippen molar-refractivity contribution in [3.63, 3.8) is 0 Å². The van der Waals surface area contributed by atoms with Crippen molar-refractivity contribution in [2.45, 2.75) is 0 Å². The maximum Gasteiger partial charge on any atom is 0.183 e. The van der Waals surface area contributed by atoms with Crippen LogP contribution in [-0.2, 0) is 0 Å². The van der Waals surface area contributed by atoms with E-state index in [9.17, 15) is 0 Å². The van der Waals surface area contributed by atoms with Crippen LogP contribution >= 0.6 is 0 Å². The van der Waals surface area contributed by atoms with Gasteiger partial charge in [-0.1, -0.05) is 5.16 Å². The predicted octanol–water partition coefficient (Wildman–Crippen LogP) is 0.568. The molecule has 0 radical (unpaired) electrons. The first-order valence-corrected chi connectivity index (χ1v) is 3.68. The zero-order valence-electron chi connectivity index (χ0n) is 6.93. The number of anilines is 1. The fourth-order valence-corrected chi connectivity index (χ4v) is 0.853. The number of hydrogen-bond acceptors (Lipinski definition) is 6. The molecule has 2 rings (SSSR count). The second-order valence-electron chi connectivity index (χ2n) is 2.34. The molecule has 2 aromatic rings. The highest BCUT2D eigenvalue weighted by Crippen LogP contribution is 2.10. The fraction of sp³-hybridized carbons (Fsp3) is 0.143. The van der Waals surface area contributed by atoms with E-state index in [1.165, 1.54) is 6.20 Å². The highest BCUT2D eigenvalue weighted by atomic mass is 16.6. The minimum atomic E-state index is 0.500. The Balaban J connectivity index is 2.33. The van der Waals surface area contributed by atoms with Crippen molar-refractivity contribution in [3.05, 3.63) is 18.6 Å². The van der Waals surface area contributed by atoms with E-state index in [0.29, 0.717) is 11.5 Å². The van der Waals surface area contributed by atoms with Crippen molar-refractivity contribution >= 4 is 5.69 Å². The van der Waals surface area contributed by atoms with Crippen LogP contribution in [0.15, 0.2) is 23.2 Å². The first-order chi connectivity index (χ1) is 6.40. The van der Waals surface area contributed by atoms with Gasteiger partial charge in [0.2, 0.25) is 0 Å². The summed E-state index contributed by atoms with van der Waals surface area (Å²) in [5, 5.41) is 9.98. The van der Waals surface area contributed by atoms with Crippen LogP contribution in [0.25, 0.3) is 11.5 Å². The topological polar surface area (TPSA) is 76.7 Å². The van der Waals surface area contributed by atoms with Crippen LogP contribution in [-0.4, -0.2) is 27.3 Å². The van der Waals surface area contributed by atoms with Crippen LogP contribution < -0.4 is 5.32 Å². The molecule has 6 nitrogen and oxygen atoms in total. The number of nitrogens with one attached hydrogen (secondary N) is 1. The Hall–Kier alpha value is -1.98. The van der Waals surface area contributed by atoms with E-state index in [2.05, 4.69) is 30.2 Å². The molecule has 0 saturated carbocycles. The minimum absolute atomic E-state index is 0.500. The average Bonchev–Trinajstić information content (AvgIpc) is 2.71. The van der Waals surface area contributed by atoms with Crippen molar-refractivity contribution in [2.24, 2.45) is 0 Å². The smallest absolute Gasteiger partial charge is 0.183 e. The van der Waals surface area contributed by atoms with Gasteiger partial charge >= 0.3 is 0 Å². The van der Waals surface area contributed by atoms with E-state index < -0.39 is 0 Å². The molecule has 0 aliphatic rings. The standard InChI is InChI=1S/C7H7N5O/c1-8-5-2-9-7(10-3-5)6-4-11-13-12-6/h2-4,8H,1H3. The summed E-state index contributed by atoms with van der Waals surface area (Å²) in [6.07, 6.45) is 4.79. The molecule has 0 bridgehead atoms. The minimum Gasteiger partial charge on any atom is -0.386 e. The molecule has 2 heterocycles. The van der Waals surface area contributed by atoms with Gasteiger partial charge < -0.3 is 5.32 Å². The third-order valence-corrected chi connectivity index (χ3v) is 1.53. The third kappa shape index (κ3) is 1.46. The fourth-order valence-electron chi connectivity index (χ4n) is 0.853. The quantitative estimate of drug-likeness (QED) is 0.722. The van der Waals surface area contributed by atoms with Crippen LogP contribution in [0, 0.1) is 0 Å². The zero-order valence-corrected chi connectivity index (χ0v) is 6.93. The van der Waals surface area contributed by atoms with E-state index in [1.54, 1.807) is 19.4 Å². The molecule has 0 unspecified atom stereocenters. The van der Waals surface area contributed by atoms with E-state index in [-0.39, 0.29) is 0 Å². The second-order valence-corrected chi connectivity index (χ2v) is 2.34. The molecule has 0 spiro atoms. The summed E-state index contributed by atoms with van der Waals surface area (Å²) in [6, 6.07) is 0. The van der Waals surface area contributed by atoms with Crippen LogP contribution in [0.1, 0.15) is 0 Å². The summed E-state index contributed by atoms with van der Waals surface area (Å²) in [4.78, 5) is 8.11. The molecule has 0 saturated heterocycles. The lowest BCUT2D eigenvalue weighted by atomic mass is 10.4. The summed E-state index contributed by atoms with van der Waals surface area (Å²) >= 11 is 0. The van der Waals surface area contributed by atoms with Crippen molar-refractivity contribution in [2.75, 3.05) is 12.4 Å². The van der Waals surface area contributed by atoms with Crippen LogP contribution in [0.4, 0.5) is 5.69 Å². The van der Waals surface area contributed by atoms with Crippen LogP contribution in [0.2, 0.25) is 0 Å². The van der Waals surface area contributed by atoms with Gasteiger partial charge in [-0.2, -0.15) is 0 Å². The van der Waals surface area contributed by atoms with Gasteiger partial charge in [-0.05, 0) is 5.16 Å². The van der Waals surface area contributed by atoms with E-state index in [0.717, 1.165) is 5.69 Å². The molecule has 0 aliphatic heterocycles.